The van der Waals surface area contributed by atoms with Gasteiger partial charge < -0.3 is 14.2 Å². The molecule has 434 valence electrons. The summed E-state index contributed by atoms with van der Waals surface area (Å²) < 4.78 is 17.0. The van der Waals surface area contributed by atoms with Crippen LogP contribution in [0.15, 0.2) is 0 Å². The van der Waals surface area contributed by atoms with Crippen molar-refractivity contribution in [2.75, 3.05) is 13.2 Å². The summed E-state index contributed by atoms with van der Waals surface area (Å²) in [5, 5.41) is 0. The minimum Gasteiger partial charge on any atom is -0.462 e. The third-order valence-corrected chi connectivity index (χ3v) is 15.5. The molecule has 6 heteroatoms. The summed E-state index contributed by atoms with van der Waals surface area (Å²) in [7, 11) is 0. The first-order valence-electron chi connectivity index (χ1n) is 33.4. The smallest absolute Gasteiger partial charge is 0.306 e. The van der Waals surface area contributed by atoms with Crippen LogP contribution in [0.1, 0.15) is 387 Å². The second-order valence-corrected chi connectivity index (χ2v) is 23.6. The second kappa shape index (κ2) is 61.3. The number of carbonyl (C=O) groups is 3. The van der Waals surface area contributed by atoms with Crippen LogP contribution in [0.2, 0.25) is 0 Å². The molecule has 1 atom stereocenters. The number of ether oxygens (including phenoxy) is 3. The molecule has 0 unspecified atom stereocenters. The Morgan fingerprint density at radius 1 is 0.260 bits per heavy atom. The summed E-state index contributed by atoms with van der Waals surface area (Å²) in [6.07, 6.45) is 69.7. The van der Waals surface area contributed by atoms with E-state index in [1.54, 1.807) is 0 Å². The molecular formula is C67H130O6. The minimum atomic E-state index is -0.763. The van der Waals surface area contributed by atoms with E-state index in [0.717, 1.165) is 63.7 Å². The number of hydrogen-bond acceptors (Lipinski definition) is 6. The van der Waals surface area contributed by atoms with Crippen molar-refractivity contribution in [3.8, 4) is 0 Å². The third-order valence-electron chi connectivity index (χ3n) is 15.5. The quantitative estimate of drug-likeness (QED) is 0.0343. The van der Waals surface area contributed by atoms with Gasteiger partial charge in [-0.15, -0.1) is 0 Å². The van der Waals surface area contributed by atoms with Gasteiger partial charge in [-0.2, -0.15) is 0 Å². The van der Waals surface area contributed by atoms with Gasteiger partial charge in [-0.3, -0.25) is 14.4 Å². The van der Waals surface area contributed by atoms with Gasteiger partial charge in [-0.05, 0) is 25.2 Å². The maximum atomic E-state index is 12.9. The molecular weight excluding hydrogens is 901 g/mol. The molecule has 0 amide bonds. The van der Waals surface area contributed by atoms with Crippen LogP contribution in [0.4, 0.5) is 0 Å². The number of rotatable bonds is 62. The van der Waals surface area contributed by atoms with E-state index >= 15 is 0 Å². The fourth-order valence-electron chi connectivity index (χ4n) is 10.5. The number of carbonyl (C=O) groups excluding carboxylic acids is 3. The fourth-order valence-corrected chi connectivity index (χ4v) is 10.5. The van der Waals surface area contributed by atoms with Gasteiger partial charge in [0.25, 0.3) is 0 Å². The summed E-state index contributed by atoms with van der Waals surface area (Å²) in [6.45, 7) is 9.11. The van der Waals surface area contributed by atoms with Crippen LogP contribution >= 0.6 is 0 Å². The predicted octanol–water partition coefficient (Wildman–Crippen LogP) is 22.5. The predicted molar refractivity (Wildman–Crippen MR) is 317 cm³/mol. The first kappa shape index (κ1) is 71.4. The normalized spacial score (nSPS) is 12.0. The lowest BCUT2D eigenvalue weighted by Gasteiger charge is -2.18. The summed E-state index contributed by atoms with van der Waals surface area (Å²) in [4.78, 5) is 38.4. The van der Waals surface area contributed by atoms with Crippen LogP contribution in [0.5, 0.6) is 0 Å². The monoisotopic (exact) mass is 1030 g/mol. The van der Waals surface area contributed by atoms with Gasteiger partial charge in [-0.25, -0.2) is 0 Å². The summed E-state index contributed by atoms with van der Waals surface area (Å²) in [5.41, 5.74) is 0. The van der Waals surface area contributed by atoms with E-state index in [0.29, 0.717) is 19.3 Å². The van der Waals surface area contributed by atoms with E-state index in [1.165, 1.54) is 283 Å². The Bertz CT molecular complexity index is 1110. The highest BCUT2D eigenvalue weighted by atomic mass is 16.6. The molecule has 0 aromatic carbocycles. The van der Waals surface area contributed by atoms with E-state index < -0.39 is 6.10 Å². The summed E-state index contributed by atoms with van der Waals surface area (Å²) in [6, 6.07) is 0. The molecule has 0 fully saturated rings. The Hall–Kier alpha value is -1.59. The third kappa shape index (κ3) is 61.1. The molecule has 0 aliphatic carbocycles. The molecule has 0 saturated carbocycles. The molecule has 0 saturated heterocycles. The van der Waals surface area contributed by atoms with Gasteiger partial charge in [0.15, 0.2) is 6.10 Å². The van der Waals surface area contributed by atoms with Crippen molar-refractivity contribution in [2.45, 2.75) is 393 Å². The van der Waals surface area contributed by atoms with Gasteiger partial charge in [0.2, 0.25) is 0 Å². The molecule has 0 radical (unpaired) electrons. The topological polar surface area (TPSA) is 78.9 Å². The average Bonchev–Trinajstić information content (AvgIpc) is 3.38. The SMILES string of the molecule is CCCCCCCCCCCCCCCCCCCCCC(=O)O[C@@H](COC(=O)CCCCCCCCCCCCCCCCCCC)COC(=O)CCCCCCCCCCCCCCCCCCC(C)C. The zero-order valence-electron chi connectivity index (χ0n) is 50.1. The van der Waals surface area contributed by atoms with Crippen molar-refractivity contribution in [2.24, 2.45) is 5.92 Å². The average molecular weight is 1030 g/mol. The van der Waals surface area contributed by atoms with Crippen LogP contribution in [0.25, 0.3) is 0 Å². The highest BCUT2D eigenvalue weighted by Gasteiger charge is 2.19. The van der Waals surface area contributed by atoms with Crippen molar-refractivity contribution < 1.29 is 28.6 Å². The molecule has 0 aromatic rings. The molecule has 0 rings (SSSR count). The molecule has 6 nitrogen and oxygen atoms in total. The van der Waals surface area contributed by atoms with Crippen molar-refractivity contribution >= 4 is 17.9 Å². The van der Waals surface area contributed by atoms with E-state index in [1.807, 2.05) is 0 Å². The zero-order valence-corrected chi connectivity index (χ0v) is 50.1. The van der Waals surface area contributed by atoms with Crippen molar-refractivity contribution in [1.82, 2.24) is 0 Å². The molecule has 0 aliphatic heterocycles. The largest absolute Gasteiger partial charge is 0.462 e. The van der Waals surface area contributed by atoms with Crippen molar-refractivity contribution in [3.05, 3.63) is 0 Å². The first-order valence-corrected chi connectivity index (χ1v) is 33.4. The number of hydrogen-bond donors (Lipinski definition) is 0. The van der Waals surface area contributed by atoms with E-state index in [2.05, 4.69) is 27.7 Å². The lowest BCUT2D eigenvalue weighted by molar-refractivity contribution is -0.167. The van der Waals surface area contributed by atoms with Gasteiger partial charge in [0, 0.05) is 19.3 Å². The van der Waals surface area contributed by atoms with E-state index in [9.17, 15) is 14.4 Å². The van der Waals surface area contributed by atoms with E-state index in [-0.39, 0.29) is 31.1 Å². The number of unbranched alkanes of at least 4 members (excludes halogenated alkanes) is 49. The molecule has 0 aromatic heterocycles. The van der Waals surface area contributed by atoms with Crippen LogP contribution in [0.3, 0.4) is 0 Å². The molecule has 0 aliphatic rings. The highest BCUT2D eigenvalue weighted by molar-refractivity contribution is 5.71. The lowest BCUT2D eigenvalue weighted by Crippen LogP contribution is -2.30. The van der Waals surface area contributed by atoms with Gasteiger partial charge >= 0.3 is 17.9 Å². The standard InChI is InChI=1S/C67H130O6/c1-5-7-9-11-13-15-17-19-21-23-24-26-32-36-40-44-48-52-56-60-67(70)73-64(61-71-65(68)58-54-50-46-42-38-34-30-25-22-20-18-16-14-12-10-8-6-2)62-72-66(69)59-55-51-47-43-39-35-31-28-27-29-33-37-41-45-49-53-57-63(3)4/h63-64H,5-62H2,1-4H3/t64-/m0/s1. The Morgan fingerprint density at radius 3 is 0.671 bits per heavy atom. The summed E-state index contributed by atoms with van der Waals surface area (Å²) >= 11 is 0. The van der Waals surface area contributed by atoms with Gasteiger partial charge in [0.1, 0.15) is 13.2 Å². The maximum Gasteiger partial charge on any atom is 0.306 e. The van der Waals surface area contributed by atoms with Crippen LogP contribution in [-0.2, 0) is 28.6 Å². The molecule has 0 N–H and O–H groups in total. The molecule has 0 spiro atoms. The van der Waals surface area contributed by atoms with Crippen molar-refractivity contribution in [1.29, 1.82) is 0 Å². The Balaban J connectivity index is 4.28. The fraction of sp³-hybridized carbons (Fsp3) is 0.955. The minimum absolute atomic E-state index is 0.0608. The maximum absolute atomic E-state index is 12.9. The summed E-state index contributed by atoms with van der Waals surface area (Å²) in [5.74, 6) is 0.0291. The lowest BCUT2D eigenvalue weighted by atomic mass is 10.0. The second-order valence-electron chi connectivity index (χ2n) is 23.6. The van der Waals surface area contributed by atoms with Gasteiger partial charge in [-0.1, -0.05) is 349 Å². The van der Waals surface area contributed by atoms with Crippen LogP contribution in [0, 0.1) is 5.92 Å². The zero-order chi connectivity index (χ0) is 53.0. The Labute approximate surface area is 457 Å². The van der Waals surface area contributed by atoms with E-state index in [4.69, 9.17) is 14.2 Å². The molecule has 0 heterocycles. The Kier molecular flexibility index (Phi) is 59.9. The molecule has 73 heavy (non-hydrogen) atoms. The van der Waals surface area contributed by atoms with Gasteiger partial charge in [0.05, 0.1) is 0 Å². The Morgan fingerprint density at radius 2 is 0.452 bits per heavy atom. The van der Waals surface area contributed by atoms with Crippen LogP contribution in [-0.4, -0.2) is 37.2 Å². The highest BCUT2D eigenvalue weighted by Crippen LogP contribution is 2.19. The number of esters is 3. The molecule has 0 bridgehead atoms. The van der Waals surface area contributed by atoms with Crippen molar-refractivity contribution in [3.63, 3.8) is 0 Å². The first-order chi connectivity index (χ1) is 35.9. The van der Waals surface area contributed by atoms with Crippen LogP contribution < -0.4 is 0 Å².